The third-order valence-electron chi connectivity index (χ3n) is 1.14. The summed E-state index contributed by atoms with van der Waals surface area (Å²) in [7, 11) is 0. The second kappa shape index (κ2) is 5.03. The van der Waals surface area contributed by atoms with Gasteiger partial charge in [0.25, 0.3) is 6.47 Å². The van der Waals surface area contributed by atoms with Crippen LogP contribution in [0, 0.1) is 0 Å². The van der Waals surface area contributed by atoms with Gasteiger partial charge in [-0.1, -0.05) is 0 Å². The van der Waals surface area contributed by atoms with Crippen LogP contribution in [0.4, 0.5) is 11.4 Å². The molecule has 4 nitrogen and oxygen atoms in total. The average molecular weight is 176 g/mol. The minimum Gasteiger partial charge on any atom is -1.00 e. The molecule has 0 aliphatic carbocycles. The number of anilines is 2. The largest absolute Gasteiger partial charge is 1.00 e. The number of carbonyl (C=O) groups excluding carboxylic acids is 1. The molecule has 60 valence electrons. The van der Waals surface area contributed by atoms with Crippen molar-refractivity contribution in [2.45, 2.75) is 0 Å². The smallest absolute Gasteiger partial charge is 1.00 e. The third kappa shape index (κ3) is 3.13. The van der Waals surface area contributed by atoms with Crippen molar-refractivity contribution >= 4 is 17.8 Å². The molecule has 0 radical (unpaired) electrons. The van der Waals surface area contributed by atoms with E-state index in [1.54, 1.807) is 6.07 Å². The van der Waals surface area contributed by atoms with Crippen molar-refractivity contribution < 1.29 is 40.5 Å². The second-order valence-electron chi connectivity index (χ2n) is 2.05. The van der Waals surface area contributed by atoms with Crippen LogP contribution in [0.15, 0.2) is 18.2 Å². The van der Waals surface area contributed by atoms with Gasteiger partial charge in [0.15, 0.2) is 0 Å². The molecule has 0 aromatic heterocycles. The summed E-state index contributed by atoms with van der Waals surface area (Å²) in [6.45, 7) is 0.328. The van der Waals surface area contributed by atoms with E-state index in [-0.39, 0.29) is 31.0 Å². The van der Waals surface area contributed by atoms with E-state index in [1.165, 1.54) is 12.1 Å². The Balaban J connectivity index is 0. The zero-order valence-electron chi connectivity index (χ0n) is 7.78. The molecule has 12 heavy (non-hydrogen) atoms. The van der Waals surface area contributed by atoms with Gasteiger partial charge in [0.1, 0.15) is 5.75 Å². The van der Waals surface area contributed by atoms with Gasteiger partial charge in [0, 0.05) is 23.5 Å². The molecule has 1 aromatic carbocycles. The summed E-state index contributed by atoms with van der Waals surface area (Å²) in [5.74, 6) is 0.359. The van der Waals surface area contributed by atoms with E-state index < -0.39 is 0 Å². The molecule has 0 fully saturated rings. The molecule has 1 aromatic rings. The fourth-order valence-electron chi connectivity index (χ4n) is 0.770. The zero-order valence-corrected chi connectivity index (χ0v) is 8.78. The molecule has 4 N–H and O–H groups in total. The maximum atomic E-state index is 9.89. The van der Waals surface area contributed by atoms with Crippen LogP contribution >= 0.6 is 0 Å². The normalized spacial score (nSPS) is 8.33. The van der Waals surface area contributed by atoms with E-state index in [0.717, 1.165) is 0 Å². The van der Waals surface area contributed by atoms with Crippen molar-refractivity contribution in [3.05, 3.63) is 18.2 Å². The van der Waals surface area contributed by atoms with Gasteiger partial charge in [-0.15, -0.1) is 0 Å². The first-order chi connectivity index (χ1) is 5.22. The van der Waals surface area contributed by atoms with E-state index in [9.17, 15) is 4.79 Å². The Morgan fingerprint density at radius 3 is 2.17 bits per heavy atom. The van der Waals surface area contributed by atoms with Crippen molar-refractivity contribution in [1.82, 2.24) is 0 Å². The number of benzene rings is 1. The summed E-state index contributed by atoms with van der Waals surface area (Å²) in [5.41, 5.74) is 11.8. The van der Waals surface area contributed by atoms with Crippen molar-refractivity contribution in [3.8, 4) is 5.75 Å². The summed E-state index contributed by atoms with van der Waals surface area (Å²) >= 11 is 0. The Kier molecular flexibility index (Phi) is 4.73. The van der Waals surface area contributed by atoms with Crippen LogP contribution in [0.5, 0.6) is 5.75 Å². The minimum absolute atomic E-state index is 0. The maximum absolute atomic E-state index is 9.89. The predicted octanol–water partition coefficient (Wildman–Crippen LogP) is -2.50. The molecule has 0 aliphatic rings. The molecule has 0 atom stereocenters. The topological polar surface area (TPSA) is 78.3 Å². The van der Waals surface area contributed by atoms with Crippen LogP contribution in [-0.2, 0) is 4.79 Å². The van der Waals surface area contributed by atoms with Gasteiger partial charge in [0.05, 0.1) is 0 Å². The van der Waals surface area contributed by atoms with Gasteiger partial charge >= 0.3 is 29.6 Å². The molecule has 0 unspecified atom stereocenters. The number of hydrogen-bond acceptors (Lipinski definition) is 4. The number of nitrogens with two attached hydrogens (primary N) is 2. The number of nitrogen functional groups attached to an aromatic ring is 2. The van der Waals surface area contributed by atoms with Crippen LogP contribution < -0.4 is 45.8 Å². The molecule has 0 bridgehead atoms. The van der Waals surface area contributed by atoms with Crippen LogP contribution in [-0.4, -0.2) is 6.47 Å². The Morgan fingerprint density at radius 1 is 1.25 bits per heavy atom. The van der Waals surface area contributed by atoms with Crippen LogP contribution in [0.3, 0.4) is 0 Å². The average Bonchev–Trinajstić information content (AvgIpc) is 1.85. The van der Waals surface area contributed by atoms with Crippen LogP contribution in [0.2, 0.25) is 0 Å². The molecule has 0 aliphatic heterocycles. The fraction of sp³-hybridized carbons (Fsp3) is 0. The van der Waals surface area contributed by atoms with Crippen molar-refractivity contribution in [2.75, 3.05) is 11.5 Å². The SMILES string of the molecule is Nc1cc(N)cc(OC=O)c1.[H-].[Na+]. The molecule has 0 amide bonds. The number of carbonyl (C=O) groups is 1. The van der Waals surface area contributed by atoms with E-state index in [1.807, 2.05) is 0 Å². The molecular weight excluding hydrogens is 167 g/mol. The summed E-state index contributed by atoms with van der Waals surface area (Å²) < 4.78 is 4.53. The summed E-state index contributed by atoms with van der Waals surface area (Å²) in [6.07, 6.45) is 0. The maximum Gasteiger partial charge on any atom is 1.00 e. The van der Waals surface area contributed by atoms with Gasteiger partial charge in [-0.05, 0) is 6.07 Å². The van der Waals surface area contributed by atoms with Crippen LogP contribution in [0.1, 0.15) is 1.43 Å². The first-order valence-corrected chi connectivity index (χ1v) is 2.98. The summed E-state index contributed by atoms with van der Waals surface area (Å²) in [6, 6.07) is 4.62. The number of hydrogen-bond donors (Lipinski definition) is 2. The fourth-order valence-corrected chi connectivity index (χ4v) is 0.770. The Hall–Kier alpha value is -0.710. The zero-order chi connectivity index (χ0) is 8.27. The van der Waals surface area contributed by atoms with E-state index >= 15 is 0 Å². The second-order valence-corrected chi connectivity index (χ2v) is 2.05. The Labute approximate surface area is 93.6 Å². The summed E-state index contributed by atoms with van der Waals surface area (Å²) in [4.78, 5) is 9.89. The van der Waals surface area contributed by atoms with Gasteiger partial charge in [-0.25, -0.2) is 0 Å². The first kappa shape index (κ1) is 11.3. The number of rotatable bonds is 2. The predicted molar refractivity (Wildman–Crippen MR) is 43.1 cm³/mol. The number of ether oxygens (including phenoxy) is 1. The van der Waals surface area contributed by atoms with E-state index in [2.05, 4.69) is 4.74 Å². The monoisotopic (exact) mass is 176 g/mol. The minimum atomic E-state index is 0. The summed E-state index contributed by atoms with van der Waals surface area (Å²) in [5, 5.41) is 0. The molecule has 0 saturated carbocycles. The van der Waals surface area contributed by atoms with E-state index in [4.69, 9.17) is 11.5 Å². The van der Waals surface area contributed by atoms with Crippen LogP contribution in [0.25, 0.3) is 0 Å². The molecule has 0 heterocycles. The first-order valence-electron chi connectivity index (χ1n) is 2.98. The Morgan fingerprint density at radius 2 is 1.75 bits per heavy atom. The quantitative estimate of drug-likeness (QED) is 0.297. The van der Waals surface area contributed by atoms with Crippen molar-refractivity contribution in [3.63, 3.8) is 0 Å². The van der Waals surface area contributed by atoms with Crippen molar-refractivity contribution in [2.24, 2.45) is 0 Å². The standard InChI is InChI=1S/C7H8N2O2.Na.H/c8-5-1-6(9)3-7(2-5)11-4-10;;/h1-4H,8-9H2;;/q;+1;-1. The van der Waals surface area contributed by atoms with Gasteiger partial charge in [-0.2, -0.15) is 0 Å². The Bertz CT molecular complexity index is 263. The van der Waals surface area contributed by atoms with Gasteiger partial charge in [0.2, 0.25) is 0 Å². The van der Waals surface area contributed by atoms with Crippen molar-refractivity contribution in [1.29, 1.82) is 0 Å². The molecule has 0 spiro atoms. The third-order valence-corrected chi connectivity index (χ3v) is 1.14. The molecule has 0 saturated heterocycles. The molecule has 1 rings (SSSR count). The molecular formula is C7H9N2NaO2. The van der Waals surface area contributed by atoms with E-state index in [0.29, 0.717) is 23.6 Å². The van der Waals surface area contributed by atoms with Gasteiger partial charge < -0.3 is 17.6 Å². The molecule has 5 heteroatoms. The van der Waals surface area contributed by atoms with Gasteiger partial charge in [-0.3, -0.25) is 4.79 Å².